The molecule has 0 unspecified atom stereocenters. The van der Waals surface area contributed by atoms with Crippen molar-refractivity contribution in [3.8, 4) is 23.3 Å². The third-order valence-electron chi connectivity index (χ3n) is 8.51. The van der Waals surface area contributed by atoms with Crippen LogP contribution in [-0.2, 0) is 11.3 Å². The van der Waals surface area contributed by atoms with Crippen LogP contribution in [0.1, 0.15) is 33.1 Å². The molecule has 2 aromatic heterocycles. The van der Waals surface area contributed by atoms with E-state index in [2.05, 4.69) is 34.8 Å². The van der Waals surface area contributed by atoms with E-state index < -0.39 is 0 Å². The summed E-state index contributed by atoms with van der Waals surface area (Å²) in [7, 11) is 0. The number of piperidine rings is 1. The average molecular weight is 593 g/mol. The Morgan fingerprint density at radius 3 is 2.41 bits per heavy atom. The Balaban J connectivity index is 1.19. The normalized spacial score (nSPS) is 16.5. The molecule has 0 radical (unpaired) electrons. The third-order valence-corrected chi connectivity index (χ3v) is 8.51. The minimum Gasteiger partial charge on any atom is -0.457 e. The number of ether oxygens (including phenoxy) is 1. The highest BCUT2D eigenvalue weighted by atomic mass is 16.5. The lowest BCUT2D eigenvalue weighted by atomic mass is 9.94. The molecule has 0 saturated carbocycles. The first-order valence-corrected chi connectivity index (χ1v) is 15.0. The summed E-state index contributed by atoms with van der Waals surface area (Å²) in [4.78, 5) is 39.6. The number of anilines is 1. The molecule has 4 aromatic rings. The fraction of sp³-hybridized carbons (Fsp3) is 0.364. The van der Waals surface area contributed by atoms with Gasteiger partial charge in [0.1, 0.15) is 35.0 Å². The Kier molecular flexibility index (Phi) is 7.93. The minimum atomic E-state index is -0.383. The molecule has 0 spiro atoms. The summed E-state index contributed by atoms with van der Waals surface area (Å²) in [6, 6.07) is 18.8. The average Bonchev–Trinajstić information content (AvgIpc) is 3.30. The summed E-state index contributed by atoms with van der Waals surface area (Å²) in [6.07, 6.45) is 6.62. The van der Waals surface area contributed by atoms with Gasteiger partial charge in [-0.15, -0.1) is 0 Å². The fourth-order valence-corrected chi connectivity index (χ4v) is 6.13. The van der Waals surface area contributed by atoms with E-state index in [9.17, 15) is 14.9 Å². The Morgan fingerprint density at radius 2 is 1.73 bits per heavy atom. The number of carbonyl (C=O) groups excluding carboxylic acids is 1. The van der Waals surface area contributed by atoms with Crippen LogP contribution in [0.5, 0.6) is 11.5 Å². The van der Waals surface area contributed by atoms with E-state index >= 15 is 0 Å². The van der Waals surface area contributed by atoms with Crippen molar-refractivity contribution in [2.24, 2.45) is 5.92 Å². The maximum Gasteiger partial charge on any atom is 0.335 e. The van der Waals surface area contributed by atoms with Crippen LogP contribution in [0.3, 0.4) is 0 Å². The number of likely N-dealkylation sites (tertiary alicyclic amines) is 2. The maximum atomic E-state index is 13.8. The van der Waals surface area contributed by atoms with Gasteiger partial charge in [-0.25, -0.2) is 14.8 Å². The molecule has 2 aliphatic heterocycles. The topological polar surface area (TPSA) is 135 Å². The van der Waals surface area contributed by atoms with Gasteiger partial charge in [0.15, 0.2) is 11.5 Å². The predicted octanol–water partition coefficient (Wildman–Crippen LogP) is 4.13. The van der Waals surface area contributed by atoms with E-state index in [1.54, 1.807) is 33.7 Å². The molecule has 44 heavy (non-hydrogen) atoms. The van der Waals surface area contributed by atoms with Crippen molar-refractivity contribution >= 4 is 22.9 Å². The number of para-hydroxylation sites is 1. The van der Waals surface area contributed by atoms with E-state index in [1.807, 2.05) is 36.4 Å². The van der Waals surface area contributed by atoms with Crippen molar-refractivity contribution in [1.29, 1.82) is 5.26 Å². The van der Waals surface area contributed by atoms with Crippen LogP contribution in [0.2, 0.25) is 0 Å². The first-order valence-electron chi connectivity index (χ1n) is 15.0. The number of rotatable bonds is 8. The van der Waals surface area contributed by atoms with Crippen LogP contribution >= 0.6 is 0 Å². The molecule has 11 nitrogen and oxygen atoms in total. The number of fused-ring (bicyclic) bond motifs is 1. The molecule has 11 heteroatoms. The number of nitrogen functional groups attached to an aromatic ring is 1. The lowest BCUT2D eigenvalue weighted by Crippen LogP contribution is -2.53. The molecule has 0 atom stereocenters. The second-order valence-electron chi connectivity index (χ2n) is 12.0. The number of nitrogens with two attached hydrogens (primary N) is 1. The first kappa shape index (κ1) is 29.1. The molecule has 2 fully saturated rings. The zero-order valence-electron chi connectivity index (χ0n) is 25.0. The van der Waals surface area contributed by atoms with Gasteiger partial charge >= 0.3 is 5.69 Å². The van der Waals surface area contributed by atoms with E-state index in [0.29, 0.717) is 48.0 Å². The summed E-state index contributed by atoms with van der Waals surface area (Å²) >= 11 is 0. The summed E-state index contributed by atoms with van der Waals surface area (Å²) in [5.74, 6) is 1.28. The maximum absolute atomic E-state index is 13.8. The van der Waals surface area contributed by atoms with Gasteiger partial charge in [-0.1, -0.05) is 24.6 Å². The number of nitrogens with zero attached hydrogens (tertiary/aromatic N) is 7. The molecule has 2 N–H and O–H groups in total. The largest absolute Gasteiger partial charge is 0.457 e. The number of nitriles is 1. The van der Waals surface area contributed by atoms with Gasteiger partial charge < -0.3 is 15.4 Å². The SMILES string of the molecule is CC(C)(/C=C(/C#N)C(=O)N1CC(Cn2c(=O)n(-c3ccc(Oc4ccccc4)cc3)c3c(N)ncnc32)C1)N1CCCCC1. The minimum absolute atomic E-state index is 0.0172. The molecule has 0 bridgehead atoms. The van der Waals surface area contributed by atoms with Gasteiger partial charge in [-0.05, 0) is 82.3 Å². The van der Waals surface area contributed by atoms with Crippen molar-refractivity contribution in [1.82, 2.24) is 28.9 Å². The van der Waals surface area contributed by atoms with Crippen LogP contribution in [0, 0.1) is 17.2 Å². The van der Waals surface area contributed by atoms with Gasteiger partial charge in [0.25, 0.3) is 5.91 Å². The quantitative estimate of drug-likeness (QED) is 0.238. The number of hydrogen-bond donors (Lipinski definition) is 1. The Morgan fingerprint density at radius 1 is 1.05 bits per heavy atom. The van der Waals surface area contributed by atoms with Crippen molar-refractivity contribution in [2.75, 3.05) is 31.9 Å². The number of amides is 1. The van der Waals surface area contributed by atoms with E-state index in [4.69, 9.17) is 10.5 Å². The second-order valence-corrected chi connectivity index (χ2v) is 12.0. The summed E-state index contributed by atoms with van der Waals surface area (Å²) in [5.41, 5.74) is 7.20. The predicted molar refractivity (Wildman–Crippen MR) is 167 cm³/mol. The highest BCUT2D eigenvalue weighted by Crippen LogP contribution is 2.28. The molecule has 1 amide bonds. The Hall–Kier alpha value is -4.95. The Bertz CT molecular complexity index is 1790. The highest BCUT2D eigenvalue weighted by molar-refractivity contribution is 5.98. The van der Waals surface area contributed by atoms with Crippen molar-refractivity contribution in [3.05, 3.63) is 83.1 Å². The third kappa shape index (κ3) is 5.68. The molecular formula is C33H36N8O3. The van der Waals surface area contributed by atoms with Crippen LogP contribution in [-0.4, -0.2) is 66.5 Å². The summed E-state index contributed by atoms with van der Waals surface area (Å²) < 4.78 is 9.01. The lowest BCUT2D eigenvalue weighted by Gasteiger charge is -2.41. The van der Waals surface area contributed by atoms with Crippen molar-refractivity contribution in [2.45, 2.75) is 45.2 Å². The number of hydrogen-bond acceptors (Lipinski definition) is 8. The highest BCUT2D eigenvalue weighted by Gasteiger charge is 2.35. The van der Waals surface area contributed by atoms with E-state index in [0.717, 1.165) is 25.9 Å². The molecule has 226 valence electrons. The van der Waals surface area contributed by atoms with Gasteiger partial charge in [-0.3, -0.25) is 18.8 Å². The van der Waals surface area contributed by atoms with Crippen LogP contribution in [0.15, 0.2) is 77.4 Å². The molecular weight excluding hydrogens is 556 g/mol. The molecule has 6 rings (SSSR count). The molecule has 0 aliphatic carbocycles. The van der Waals surface area contributed by atoms with Gasteiger partial charge in [0.2, 0.25) is 0 Å². The van der Waals surface area contributed by atoms with E-state index in [-0.39, 0.29) is 34.4 Å². The van der Waals surface area contributed by atoms with Gasteiger partial charge in [0, 0.05) is 31.1 Å². The van der Waals surface area contributed by atoms with E-state index in [1.165, 1.54) is 17.3 Å². The smallest absolute Gasteiger partial charge is 0.335 e. The zero-order chi connectivity index (χ0) is 30.8. The van der Waals surface area contributed by atoms with Crippen molar-refractivity contribution < 1.29 is 9.53 Å². The van der Waals surface area contributed by atoms with Crippen LogP contribution in [0.4, 0.5) is 5.82 Å². The molecule has 2 aromatic carbocycles. The van der Waals surface area contributed by atoms with Gasteiger partial charge in [0.05, 0.1) is 5.69 Å². The fourth-order valence-electron chi connectivity index (χ4n) is 6.13. The van der Waals surface area contributed by atoms with Crippen LogP contribution in [0.25, 0.3) is 16.9 Å². The molecule has 2 saturated heterocycles. The monoisotopic (exact) mass is 592 g/mol. The van der Waals surface area contributed by atoms with Crippen molar-refractivity contribution in [3.63, 3.8) is 0 Å². The number of carbonyl (C=O) groups is 1. The zero-order valence-corrected chi connectivity index (χ0v) is 25.0. The number of imidazole rings is 1. The molecule has 2 aliphatic rings. The Labute approximate surface area is 255 Å². The summed E-state index contributed by atoms with van der Waals surface area (Å²) in [5, 5.41) is 9.84. The number of benzene rings is 2. The summed E-state index contributed by atoms with van der Waals surface area (Å²) in [6.45, 7) is 7.26. The number of aromatic nitrogens is 4. The first-order chi connectivity index (χ1) is 21.2. The van der Waals surface area contributed by atoms with Gasteiger partial charge in [-0.2, -0.15) is 5.26 Å². The lowest BCUT2D eigenvalue weighted by molar-refractivity contribution is -0.133. The second kappa shape index (κ2) is 12.0. The van der Waals surface area contributed by atoms with Crippen LogP contribution < -0.4 is 16.2 Å². The molecule has 4 heterocycles. The standard InChI is InChI=1S/C33H36N8O3/c1-33(2,39-15-7-4-8-16-39)17-24(18-34)31(42)38-19-23(20-38)21-40-30-28(29(35)36-22-37-30)41(32(40)43)25-11-13-27(14-12-25)44-26-9-5-3-6-10-26/h3,5-6,9-14,17,22-23H,4,7-8,15-16,19-21H2,1-2H3,(H2,35,36,37)/b24-17-.